The molecule has 6 nitrogen and oxygen atoms in total. The second-order valence-electron chi connectivity index (χ2n) is 4.61. The average Bonchev–Trinajstić information content (AvgIpc) is 2.90. The lowest BCUT2D eigenvalue weighted by molar-refractivity contribution is -0.384. The standard InChI is InChI=1S/C13H16N2O4/c1-19-13(16)9-6-7-12(15(17)18)11(8-9)14-10-4-2-3-5-10/h6-8,10,14H,2-5H2,1H3. The molecule has 1 N–H and O–H groups in total. The molecule has 19 heavy (non-hydrogen) atoms. The number of methoxy groups -OCH3 is 1. The number of nitrogens with one attached hydrogen (secondary N) is 1. The topological polar surface area (TPSA) is 81.5 Å². The van der Waals surface area contributed by atoms with Gasteiger partial charge in [-0.15, -0.1) is 0 Å². The van der Waals surface area contributed by atoms with E-state index in [0.29, 0.717) is 11.3 Å². The van der Waals surface area contributed by atoms with Gasteiger partial charge in [0.15, 0.2) is 0 Å². The van der Waals surface area contributed by atoms with Crippen LogP contribution < -0.4 is 5.32 Å². The first-order chi connectivity index (χ1) is 9.11. The Bertz CT molecular complexity index is 495. The highest BCUT2D eigenvalue weighted by atomic mass is 16.6. The van der Waals surface area contributed by atoms with Crippen LogP contribution in [0.5, 0.6) is 0 Å². The Hall–Kier alpha value is -2.11. The third-order valence-corrected chi connectivity index (χ3v) is 3.33. The number of nitro groups is 1. The van der Waals surface area contributed by atoms with Crippen LogP contribution in [0.25, 0.3) is 0 Å². The molecule has 1 fully saturated rings. The van der Waals surface area contributed by atoms with Crippen LogP contribution in [-0.4, -0.2) is 24.0 Å². The number of carbonyl (C=O) groups is 1. The highest BCUT2D eigenvalue weighted by molar-refractivity contribution is 5.91. The van der Waals surface area contributed by atoms with E-state index in [0.717, 1.165) is 25.7 Å². The molecular formula is C13H16N2O4. The van der Waals surface area contributed by atoms with Crippen molar-refractivity contribution in [3.05, 3.63) is 33.9 Å². The predicted molar refractivity (Wildman–Crippen MR) is 70.3 cm³/mol. The van der Waals surface area contributed by atoms with Crippen LogP contribution >= 0.6 is 0 Å². The second kappa shape index (κ2) is 5.69. The van der Waals surface area contributed by atoms with E-state index in [9.17, 15) is 14.9 Å². The van der Waals surface area contributed by atoms with Gasteiger partial charge in [0.25, 0.3) is 5.69 Å². The summed E-state index contributed by atoms with van der Waals surface area (Å²) < 4.78 is 4.63. The van der Waals surface area contributed by atoms with Crippen LogP contribution in [0.2, 0.25) is 0 Å². The smallest absolute Gasteiger partial charge is 0.337 e. The van der Waals surface area contributed by atoms with Crippen LogP contribution in [-0.2, 0) is 4.74 Å². The summed E-state index contributed by atoms with van der Waals surface area (Å²) in [6.07, 6.45) is 4.25. The van der Waals surface area contributed by atoms with Gasteiger partial charge in [-0.2, -0.15) is 0 Å². The van der Waals surface area contributed by atoms with Crippen molar-refractivity contribution in [3.8, 4) is 0 Å². The SMILES string of the molecule is COC(=O)c1ccc([N+](=O)[O-])c(NC2CCCC2)c1. The van der Waals surface area contributed by atoms with Crippen LogP contribution in [0, 0.1) is 10.1 Å². The van der Waals surface area contributed by atoms with Gasteiger partial charge in [0, 0.05) is 12.1 Å². The Balaban J connectivity index is 2.29. The van der Waals surface area contributed by atoms with Crippen molar-refractivity contribution < 1.29 is 14.5 Å². The monoisotopic (exact) mass is 264 g/mol. The number of carbonyl (C=O) groups excluding carboxylic acids is 1. The first-order valence-corrected chi connectivity index (χ1v) is 6.25. The van der Waals surface area contributed by atoms with Gasteiger partial charge in [0.05, 0.1) is 17.6 Å². The van der Waals surface area contributed by atoms with Crippen molar-refractivity contribution in [2.45, 2.75) is 31.7 Å². The van der Waals surface area contributed by atoms with Crippen molar-refractivity contribution in [1.29, 1.82) is 0 Å². The zero-order valence-electron chi connectivity index (χ0n) is 10.7. The zero-order chi connectivity index (χ0) is 13.8. The highest BCUT2D eigenvalue weighted by Crippen LogP contribution is 2.30. The van der Waals surface area contributed by atoms with Gasteiger partial charge < -0.3 is 10.1 Å². The van der Waals surface area contributed by atoms with Gasteiger partial charge >= 0.3 is 5.97 Å². The number of nitro benzene ring substituents is 1. The van der Waals surface area contributed by atoms with E-state index in [1.165, 1.54) is 25.3 Å². The average molecular weight is 264 g/mol. The summed E-state index contributed by atoms with van der Waals surface area (Å²) in [6.45, 7) is 0. The minimum absolute atomic E-state index is 0.0143. The maximum atomic E-state index is 11.5. The Morgan fingerprint density at radius 1 is 1.42 bits per heavy atom. The fourth-order valence-corrected chi connectivity index (χ4v) is 2.35. The number of nitrogens with zero attached hydrogens (tertiary/aromatic N) is 1. The van der Waals surface area contributed by atoms with E-state index in [-0.39, 0.29) is 11.7 Å². The van der Waals surface area contributed by atoms with Crippen LogP contribution in [0.3, 0.4) is 0 Å². The zero-order valence-corrected chi connectivity index (χ0v) is 10.7. The second-order valence-corrected chi connectivity index (χ2v) is 4.61. The van der Waals surface area contributed by atoms with Gasteiger partial charge in [-0.3, -0.25) is 10.1 Å². The van der Waals surface area contributed by atoms with Crippen LogP contribution in [0.15, 0.2) is 18.2 Å². The summed E-state index contributed by atoms with van der Waals surface area (Å²) in [5, 5.41) is 14.2. The maximum absolute atomic E-state index is 11.5. The molecule has 0 saturated heterocycles. The largest absolute Gasteiger partial charge is 0.465 e. The fraction of sp³-hybridized carbons (Fsp3) is 0.462. The molecule has 0 spiro atoms. The summed E-state index contributed by atoms with van der Waals surface area (Å²) in [5.74, 6) is -0.496. The van der Waals surface area contributed by atoms with Crippen molar-refractivity contribution in [1.82, 2.24) is 0 Å². The van der Waals surface area contributed by atoms with Crippen molar-refractivity contribution in [3.63, 3.8) is 0 Å². The molecule has 0 heterocycles. The molecule has 1 aliphatic rings. The minimum Gasteiger partial charge on any atom is -0.465 e. The molecule has 2 rings (SSSR count). The molecule has 6 heteroatoms. The molecule has 0 amide bonds. The number of hydrogen-bond donors (Lipinski definition) is 1. The lowest BCUT2D eigenvalue weighted by atomic mass is 10.1. The Kier molecular flexibility index (Phi) is 3.99. The lowest BCUT2D eigenvalue weighted by Crippen LogP contribution is -2.16. The highest BCUT2D eigenvalue weighted by Gasteiger charge is 2.21. The van der Waals surface area contributed by atoms with Gasteiger partial charge in [0.1, 0.15) is 5.69 Å². The number of anilines is 1. The summed E-state index contributed by atoms with van der Waals surface area (Å²) in [5.41, 5.74) is 0.688. The molecule has 0 unspecified atom stereocenters. The number of rotatable bonds is 4. The summed E-state index contributed by atoms with van der Waals surface area (Å²) in [6, 6.07) is 4.47. The number of esters is 1. The minimum atomic E-state index is -0.496. The molecule has 0 bridgehead atoms. The third kappa shape index (κ3) is 3.01. The Morgan fingerprint density at radius 3 is 2.68 bits per heavy atom. The van der Waals surface area contributed by atoms with E-state index < -0.39 is 10.9 Å². The van der Waals surface area contributed by atoms with Crippen molar-refractivity contribution in [2.24, 2.45) is 0 Å². The normalized spacial score (nSPS) is 15.2. The summed E-state index contributed by atoms with van der Waals surface area (Å²) in [7, 11) is 1.29. The fourth-order valence-electron chi connectivity index (χ4n) is 2.35. The lowest BCUT2D eigenvalue weighted by Gasteiger charge is -2.14. The molecule has 1 saturated carbocycles. The van der Waals surface area contributed by atoms with E-state index in [1.54, 1.807) is 0 Å². The predicted octanol–water partition coefficient (Wildman–Crippen LogP) is 2.74. The molecule has 1 aromatic carbocycles. The molecule has 0 radical (unpaired) electrons. The van der Waals surface area contributed by atoms with E-state index >= 15 is 0 Å². The van der Waals surface area contributed by atoms with Gasteiger partial charge in [0.2, 0.25) is 0 Å². The van der Waals surface area contributed by atoms with Crippen LogP contribution in [0.4, 0.5) is 11.4 Å². The first kappa shape index (κ1) is 13.3. The quantitative estimate of drug-likeness (QED) is 0.513. The molecule has 0 aromatic heterocycles. The number of hydrogen-bond acceptors (Lipinski definition) is 5. The Labute approximate surface area is 110 Å². The van der Waals surface area contributed by atoms with Gasteiger partial charge in [-0.05, 0) is 25.0 Å². The molecule has 0 atom stereocenters. The summed E-state index contributed by atoms with van der Waals surface area (Å²) in [4.78, 5) is 22.0. The van der Waals surface area contributed by atoms with E-state index in [2.05, 4.69) is 10.1 Å². The molecule has 0 aliphatic heterocycles. The van der Waals surface area contributed by atoms with Crippen LogP contribution in [0.1, 0.15) is 36.0 Å². The molecular weight excluding hydrogens is 248 g/mol. The number of benzene rings is 1. The summed E-state index contributed by atoms with van der Waals surface area (Å²) >= 11 is 0. The van der Waals surface area contributed by atoms with Gasteiger partial charge in [-0.25, -0.2) is 4.79 Å². The Morgan fingerprint density at radius 2 is 2.11 bits per heavy atom. The molecule has 1 aromatic rings. The first-order valence-electron chi connectivity index (χ1n) is 6.25. The van der Waals surface area contributed by atoms with E-state index in [1.807, 2.05) is 0 Å². The van der Waals surface area contributed by atoms with Gasteiger partial charge in [-0.1, -0.05) is 12.8 Å². The van der Waals surface area contributed by atoms with E-state index in [4.69, 9.17) is 0 Å². The van der Waals surface area contributed by atoms with Crippen molar-refractivity contribution in [2.75, 3.05) is 12.4 Å². The molecule has 1 aliphatic carbocycles. The maximum Gasteiger partial charge on any atom is 0.337 e. The molecule has 102 valence electrons. The third-order valence-electron chi connectivity index (χ3n) is 3.33. The number of ether oxygens (including phenoxy) is 1. The van der Waals surface area contributed by atoms with Crippen molar-refractivity contribution >= 4 is 17.3 Å².